The number of para-hydroxylation sites is 1. The lowest BCUT2D eigenvalue weighted by atomic mass is 10.0. The summed E-state index contributed by atoms with van der Waals surface area (Å²) in [5.41, 5.74) is 0.646. The van der Waals surface area contributed by atoms with Crippen molar-refractivity contribution >= 4 is 17.8 Å². The lowest BCUT2D eigenvalue weighted by Crippen LogP contribution is -2.01. The van der Waals surface area contributed by atoms with Crippen LogP contribution in [0.15, 0.2) is 40.3 Å². The van der Waals surface area contributed by atoms with Gasteiger partial charge in [-0.15, -0.1) is 0 Å². The second-order valence-corrected chi connectivity index (χ2v) is 5.73. The molecule has 0 saturated heterocycles. The molecule has 0 fully saturated rings. The zero-order valence-corrected chi connectivity index (χ0v) is 15.0. The van der Waals surface area contributed by atoms with E-state index < -0.39 is 0 Å². The predicted molar refractivity (Wildman–Crippen MR) is 99.0 cm³/mol. The Balaban J connectivity index is 0.000000496. The van der Waals surface area contributed by atoms with Crippen LogP contribution in [0, 0.1) is 0 Å². The molecule has 1 atom stereocenters. The fraction of sp³-hybridized carbons (Fsp3) is 0.600. The van der Waals surface area contributed by atoms with Crippen LogP contribution in [-0.4, -0.2) is 18.2 Å². The van der Waals surface area contributed by atoms with E-state index in [-0.39, 0.29) is 6.04 Å². The van der Waals surface area contributed by atoms with Gasteiger partial charge in [0, 0.05) is 0 Å². The normalized spacial score (nSPS) is 10.6. The first-order valence-electron chi connectivity index (χ1n) is 8.98. The van der Waals surface area contributed by atoms with Gasteiger partial charge >= 0.3 is 0 Å². The lowest BCUT2D eigenvalue weighted by molar-refractivity contribution is 0.513. The fourth-order valence-corrected chi connectivity index (χ4v) is 2.33. The zero-order valence-electron chi connectivity index (χ0n) is 15.0. The van der Waals surface area contributed by atoms with Crippen molar-refractivity contribution in [3.63, 3.8) is 0 Å². The van der Waals surface area contributed by atoms with Crippen LogP contribution >= 0.6 is 0 Å². The number of hydrogen-bond acceptors (Lipinski definition) is 4. The van der Waals surface area contributed by atoms with Gasteiger partial charge in [-0.05, 0) is 25.0 Å². The van der Waals surface area contributed by atoms with Crippen LogP contribution < -0.4 is 0 Å². The molecule has 0 bridgehead atoms. The SMILES string of the molecule is CCCCCCCCCC(CC)N=C=O.O=C=Nc1ccccc1. The van der Waals surface area contributed by atoms with Crippen molar-refractivity contribution in [3.05, 3.63) is 30.3 Å². The highest BCUT2D eigenvalue weighted by Crippen LogP contribution is 2.12. The Morgan fingerprint density at radius 2 is 1.50 bits per heavy atom. The van der Waals surface area contributed by atoms with Gasteiger partial charge in [0.2, 0.25) is 12.2 Å². The van der Waals surface area contributed by atoms with Gasteiger partial charge < -0.3 is 0 Å². The molecule has 4 nitrogen and oxygen atoms in total. The Labute approximate surface area is 146 Å². The average Bonchev–Trinajstić information content (AvgIpc) is 2.62. The van der Waals surface area contributed by atoms with Gasteiger partial charge in [-0.2, -0.15) is 4.99 Å². The number of unbranched alkanes of at least 4 members (excludes halogenated alkanes) is 6. The Kier molecular flexibility index (Phi) is 15.9. The topological polar surface area (TPSA) is 58.9 Å². The Morgan fingerprint density at radius 1 is 0.875 bits per heavy atom. The molecule has 0 aromatic heterocycles. The molecule has 1 aromatic carbocycles. The summed E-state index contributed by atoms with van der Waals surface area (Å²) in [5, 5.41) is 0. The zero-order chi connectivity index (χ0) is 17.9. The van der Waals surface area contributed by atoms with E-state index in [1.165, 1.54) is 51.0 Å². The minimum Gasteiger partial charge on any atom is -0.211 e. The molecule has 132 valence electrons. The van der Waals surface area contributed by atoms with Gasteiger partial charge in [-0.3, -0.25) is 0 Å². The number of rotatable bonds is 11. The summed E-state index contributed by atoms with van der Waals surface area (Å²) in [7, 11) is 0. The highest BCUT2D eigenvalue weighted by atomic mass is 16.1. The molecule has 0 N–H and O–H groups in total. The molecule has 1 aromatic rings. The van der Waals surface area contributed by atoms with E-state index in [0.29, 0.717) is 5.69 Å². The molecule has 24 heavy (non-hydrogen) atoms. The third-order valence-electron chi connectivity index (χ3n) is 3.78. The molecule has 4 heteroatoms. The minimum absolute atomic E-state index is 0.221. The van der Waals surface area contributed by atoms with E-state index in [2.05, 4.69) is 23.8 Å². The van der Waals surface area contributed by atoms with Crippen molar-refractivity contribution in [2.75, 3.05) is 0 Å². The number of aliphatic imine (C=N–C) groups is 2. The van der Waals surface area contributed by atoms with Gasteiger partial charge in [0.05, 0.1) is 11.7 Å². The van der Waals surface area contributed by atoms with Gasteiger partial charge in [0.15, 0.2) is 0 Å². The molecule has 0 spiro atoms. The van der Waals surface area contributed by atoms with Gasteiger partial charge in [-0.25, -0.2) is 14.6 Å². The van der Waals surface area contributed by atoms with Crippen molar-refractivity contribution in [1.82, 2.24) is 0 Å². The number of carbonyl (C=O) groups excluding carboxylic acids is 2. The predicted octanol–water partition coefficient (Wildman–Crippen LogP) is 5.90. The van der Waals surface area contributed by atoms with Crippen molar-refractivity contribution in [1.29, 1.82) is 0 Å². The van der Waals surface area contributed by atoms with E-state index in [1.54, 1.807) is 18.2 Å². The first-order chi connectivity index (χ1) is 11.8. The third kappa shape index (κ3) is 13.6. The molecule has 0 aliphatic heterocycles. The summed E-state index contributed by atoms with van der Waals surface area (Å²) in [6.07, 6.45) is 14.4. The minimum atomic E-state index is 0.221. The van der Waals surface area contributed by atoms with Crippen LogP contribution in [0.1, 0.15) is 71.6 Å². The summed E-state index contributed by atoms with van der Waals surface area (Å²) in [6.45, 7) is 4.32. The van der Waals surface area contributed by atoms with Crippen molar-refractivity contribution in [2.45, 2.75) is 77.7 Å². The molecular formula is C20H30N2O2. The van der Waals surface area contributed by atoms with E-state index in [9.17, 15) is 9.59 Å². The van der Waals surface area contributed by atoms with Crippen LogP contribution in [0.2, 0.25) is 0 Å². The van der Waals surface area contributed by atoms with Crippen LogP contribution in [0.5, 0.6) is 0 Å². The number of hydrogen-bond donors (Lipinski definition) is 0. The maximum atomic E-state index is 10.1. The number of isocyanates is 2. The van der Waals surface area contributed by atoms with Crippen molar-refractivity contribution in [2.24, 2.45) is 9.98 Å². The summed E-state index contributed by atoms with van der Waals surface area (Å²) >= 11 is 0. The highest BCUT2D eigenvalue weighted by molar-refractivity contribution is 5.47. The van der Waals surface area contributed by atoms with Gasteiger partial charge in [-0.1, -0.05) is 77.0 Å². The van der Waals surface area contributed by atoms with Crippen LogP contribution in [0.25, 0.3) is 0 Å². The van der Waals surface area contributed by atoms with E-state index in [1.807, 2.05) is 18.2 Å². The maximum absolute atomic E-state index is 10.1. The lowest BCUT2D eigenvalue weighted by Gasteiger charge is -2.06. The van der Waals surface area contributed by atoms with E-state index in [4.69, 9.17) is 0 Å². The molecule has 1 unspecified atom stereocenters. The Morgan fingerprint density at radius 3 is 2.04 bits per heavy atom. The summed E-state index contributed by atoms with van der Waals surface area (Å²) in [6, 6.07) is 9.20. The van der Waals surface area contributed by atoms with Crippen molar-refractivity contribution < 1.29 is 9.59 Å². The summed E-state index contributed by atoms with van der Waals surface area (Å²) < 4.78 is 0. The first kappa shape index (κ1) is 22.0. The second kappa shape index (κ2) is 17.3. The summed E-state index contributed by atoms with van der Waals surface area (Å²) in [4.78, 5) is 27.0. The molecule has 0 heterocycles. The van der Waals surface area contributed by atoms with E-state index in [0.717, 1.165) is 12.8 Å². The van der Waals surface area contributed by atoms with Crippen LogP contribution in [0.4, 0.5) is 5.69 Å². The standard InChI is InChI=1S/C13H25NO.C7H5NO/c1-3-5-6-7-8-9-10-11-13(4-2)14-12-15;9-6-8-7-4-2-1-3-5-7/h13H,3-11H2,1-2H3;1-5H. The molecule has 0 aliphatic rings. The smallest absolute Gasteiger partial charge is 0.211 e. The van der Waals surface area contributed by atoms with Crippen molar-refractivity contribution in [3.8, 4) is 0 Å². The highest BCUT2D eigenvalue weighted by Gasteiger charge is 2.02. The largest absolute Gasteiger partial charge is 0.240 e. The molecule has 0 saturated carbocycles. The van der Waals surface area contributed by atoms with Crippen LogP contribution in [-0.2, 0) is 9.59 Å². The van der Waals surface area contributed by atoms with Gasteiger partial charge in [0.1, 0.15) is 0 Å². The van der Waals surface area contributed by atoms with Gasteiger partial charge in [0.25, 0.3) is 0 Å². The number of benzene rings is 1. The molecule has 0 aliphatic carbocycles. The quantitative estimate of drug-likeness (QED) is 0.288. The third-order valence-corrected chi connectivity index (χ3v) is 3.78. The number of nitrogens with zero attached hydrogens (tertiary/aromatic N) is 2. The molecule has 1 rings (SSSR count). The molecule has 0 radical (unpaired) electrons. The first-order valence-corrected chi connectivity index (χ1v) is 8.98. The van der Waals surface area contributed by atoms with Crippen LogP contribution in [0.3, 0.4) is 0 Å². The Bertz CT molecular complexity index is 490. The fourth-order valence-electron chi connectivity index (χ4n) is 2.33. The average molecular weight is 330 g/mol. The second-order valence-electron chi connectivity index (χ2n) is 5.73. The monoisotopic (exact) mass is 330 g/mol. The Hall–Kier alpha value is -2.02. The summed E-state index contributed by atoms with van der Waals surface area (Å²) in [5.74, 6) is 0. The van der Waals surface area contributed by atoms with E-state index >= 15 is 0 Å². The molecular weight excluding hydrogens is 300 g/mol. The maximum Gasteiger partial charge on any atom is 0.240 e. The molecule has 0 amide bonds.